The molecule has 0 aliphatic carbocycles. The summed E-state index contributed by atoms with van der Waals surface area (Å²) in [5.41, 5.74) is -0.181. The van der Waals surface area contributed by atoms with Gasteiger partial charge in [-0.1, -0.05) is 60.7 Å². The molecular weight excluding hydrogens is 276 g/mol. The zero-order valence-corrected chi connectivity index (χ0v) is 11.5. The molecule has 0 saturated carbocycles. The average molecular weight is 290 g/mol. The quantitative estimate of drug-likeness (QED) is 0.767. The number of hydrogen-bond donors (Lipinski definition) is 0. The lowest BCUT2D eigenvalue weighted by Gasteiger charge is -2.16. The molecule has 0 aliphatic heterocycles. The number of sulfone groups is 1. The maximum absolute atomic E-state index is 12.4. The summed E-state index contributed by atoms with van der Waals surface area (Å²) in [6.45, 7) is 0.167. The van der Waals surface area contributed by atoms with E-state index >= 15 is 0 Å². The van der Waals surface area contributed by atoms with Crippen LogP contribution in [-0.4, -0.2) is 14.9 Å². The van der Waals surface area contributed by atoms with Crippen molar-refractivity contribution < 1.29 is 17.9 Å². The fourth-order valence-corrected chi connectivity index (χ4v) is 3.51. The summed E-state index contributed by atoms with van der Waals surface area (Å²) in [6.07, 6.45) is 0. The zero-order valence-electron chi connectivity index (χ0n) is 10.7. The number of benzene rings is 2. The average Bonchev–Trinajstić information content (AvgIpc) is 2.46. The number of carbonyl (C=O) groups excluding carboxylic acids is 1. The number of hydrogen-bond acceptors (Lipinski definition) is 4. The highest BCUT2D eigenvalue weighted by molar-refractivity contribution is 7.90. The van der Waals surface area contributed by atoms with Crippen LogP contribution >= 0.6 is 0 Å². The predicted molar refractivity (Wildman–Crippen MR) is 75.4 cm³/mol. The monoisotopic (exact) mass is 290 g/mol. The molecule has 0 heterocycles. The van der Waals surface area contributed by atoms with Crippen LogP contribution in [-0.2, 0) is 25.1 Å². The minimum Gasteiger partial charge on any atom is -0.443 e. The van der Waals surface area contributed by atoms with Crippen molar-refractivity contribution in [1.82, 2.24) is 0 Å². The van der Waals surface area contributed by atoms with E-state index in [4.69, 9.17) is 4.74 Å². The molecule has 0 fully saturated rings. The number of carbonyl (C=O) groups is 1. The van der Waals surface area contributed by atoms with Crippen LogP contribution in [0.15, 0.2) is 60.7 Å². The standard InChI is InChI=1S/C15H14O4S/c16-12-19-15(14-9-5-2-6-10-14)20(17,18)11-13-7-3-1-4-8-13/h1-10,12,15H,11H2. The SMILES string of the molecule is O=COC(c1ccccc1)S(=O)(=O)Cc1ccccc1. The zero-order chi connectivity index (χ0) is 14.4. The highest BCUT2D eigenvalue weighted by Gasteiger charge is 2.28. The van der Waals surface area contributed by atoms with E-state index in [0.29, 0.717) is 11.1 Å². The summed E-state index contributed by atoms with van der Waals surface area (Å²) >= 11 is 0. The van der Waals surface area contributed by atoms with Crippen LogP contribution in [0.25, 0.3) is 0 Å². The van der Waals surface area contributed by atoms with Gasteiger partial charge in [0.1, 0.15) is 0 Å². The van der Waals surface area contributed by atoms with E-state index in [1.807, 2.05) is 6.07 Å². The Balaban J connectivity index is 2.31. The normalized spacial score (nSPS) is 12.6. The molecule has 0 N–H and O–H groups in total. The van der Waals surface area contributed by atoms with Crippen LogP contribution in [0.2, 0.25) is 0 Å². The van der Waals surface area contributed by atoms with Crippen molar-refractivity contribution in [2.45, 2.75) is 11.2 Å². The van der Waals surface area contributed by atoms with Crippen molar-refractivity contribution in [2.75, 3.05) is 0 Å². The predicted octanol–water partition coefficient (Wildman–Crippen LogP) is 2.47. The summed E-state index contributed by atoms with van der Waals surface area (Å²) in [5, 5.41) is 0. The van der Waals surface area contributed by atoms with Gasteiger partial charge in [-0.15, -0.1) is 0 Å². The van der Waals surface area contributed by atoms with Gasteiger partial charge in [0.2, 0.25) is 5.44 Å². The summed E-state index contributed by atoms with van der Waals surface area (Å²) in [4.78, 5) is 10.6. The molecule has 2 aromatic carbocycles. The van der Waals surface area contributed by atoms with Gasteiger partial charge in [0, 0.05) is 5.56 Å². The molecule has 0 radical (unpaired) electrons. The second-order valence-corrected chi connectivity index (χ2v) is 6.31. The van der Waals surface area contributed by atoms with Gasteiger partial charge in [0.25, 0.3) is 6.47 Å². The topological polar surface area (TPSA) is 60.4 Å². The van der Waals surface area contributed by atoms with Crippen molar-refractivity contribution in [3.63, 3.8) is 0 Å². The minimum absolute atomic E-state index is 0.167. The molecule has 0 bridgehead atoms. The third kappa shape index (κ3) is 3.45. The Morgan fingerprint density at radius 3 is 2.05 bits per heavy atom. The van der Waals surface area contributed by atoms with Crippen LogP contribution in [0.3, 0.4) is 0 Å². The van der Waals surface area contributed by atoms with Gasteiger partial charge in [-0.25, -0.2) is 8.42 Å². The first-order chi connectivity index (χ1) is 9.63. The van der Waals surface area contributed by atoms with Crippen LogP contribution < -0.4 is 0 Å². The molecule has 2 aromatic rings. The van der Waals surface area contributed by atoms with Gasteiger partial charge in [-0.05, 0) is 5.56 Å². The molecule has 1 unspecified atom stereocenters. The second kappa shape index (κ2) is 6.34. The Bertz CT molecular complexity index is 651. The Hall–Kier alpha value is -2.14. The molecule has 5 heteroatoms. The number of ether oxygens (including phenoxy) is 1. The van der Waals surface area contributed by atoms with E-state index in [1.54, 1.807) is 54.6 Å². The third-order valence-corrected chi connectivity index (χ3v) is 4.56. The van der Waals surface area contributed by atoms with Gasteiger partial charge in [0.15, 0.2) is 9.84 Å². The maximum Gasteiger partial charge on any atom is 0.294 e. The van der Waals surface area contributed by atoms with Crippen molar-refractivity contribution >= 4 is 16.3 Å². The fourth-order valence-electron chi connectivity index (χ4n) is 1.91. The Morgan fingerprint density at radius 2 is 1.50 bits per heavy atom. The first-order valence-corrected chi connectivity index (χ1v) is 7.74. The molecule has 0 saturated heterocycles. The van der Waals surface area contributed by atoms with E-state index in [9.17, 15) is 13.2 Å². The summed E-state index contributed by atoms with van der Waals surface area (Å²) in [6, 6.07) is 17.2. The summed E-state index contributed by atoms with van der Waals surface area (Å²) in [5.74, 6) is -0.179. The smallest absolute Gasteiger partial charge is 0.294 e. The second-order valence-electron chi connectivity index (χ2n) is 4.27. The Labute approximate surface area is 117 Å². The molecule has 20 heavy (non-hydrogen) atoms. The lowest BCUT2D eigenvalue weighted by atomic mass is 10.2. The van der Waals surface area contributed by atoms with Gasteiger partial charge in [-0.2, -0.15) is 0 Å². The molecule has 0 aliphatic rings. The first-order valence-electron chi connectivity index (χ1n) is 6.03. The lowest BCUT2D eigenvalue weighted by Crippen LogP contribution is -2.18. The third-order valence-electron chi connectivity index (χ3n) is 2.79. The van der Waals surface area contributed by atoms with Crippen LogP contribution in [0.4, 0.5) is 0 Å². The largest absolute Gasteiger partial charge is 0.443 e. The van der Waals surface area contributed by atoms with Gasteiger partial charge < -0.3 is 4.74 Å². The minimum atomic E-state index is -3.64. The lowest BCUT2D eigenvalue weighted by molar-refractivity contribution is -0.130. The van der Waals surface area contributed by atoms with E-state index < -0.39 is 15.3 Å². The van der Waals surface area contributed by atoms with Gasteiger partial charge >= 0.3 is 0 Å². The molecule has 1 atom stereocenters. The molecule has 2 rings (SSSR count). The van der Waals surface area contributed by atoms with Crippen molar-refractivity contribution in [3.05, 3.63) is 71.8 Å². The molecule has 0 aromatic heterocycles. The van der Waals surface area contributed by atoms with Crippen molar-refractivity contribution in [1.29, 1.82) is 0 Å². The first kappa shape index (κ1) is 14.3. The number of rotatable bonds is 6. The Morgan fingerprint density at radius 1 is 0.950 bits per heavy atom. The summed E-state index contributed by atoms with van der Waals surface area (Å²) < 4.78 is 29.6. The van der Waals surface area contributed by atoms with Crippen LogP contribution in [0.5, 0.6) is 0 Å². The van der Waals surface area contributed by atoms with E-state index in [-0.39, 0.29) is 12.2 Å². The summed E-state index contributed by atoms with van der Waals surface area (Å²) in [7, 11) is -3.64. The van der Waals surface area contributed by atoms with Gasteiger partial charge in [-0.3, -0.25) is 4.79 Å². The van der Waals surface area contributed by atoms with Crippen LogP contribution in [0, 0.1) is 0 Å². The highest BCUT2D eigenvalue weighted by atomic mass is 32.2. The van der Waals surface area contributed by atoms with Crippen LogP contribution in [0.1, 0.15) is 16.6 Å². The molecular formula is C15H14O4S. The van der Waals surface area contributed by atoms with Crippen molar-refractivity contribution in [2.24, 2.45) is 0 Å². The van der Waals surface area contributed by atoms with E-state index in [2.05, 4.69) is 0 Å². The molecule has 0 amide bonds. The highest BCUT2D eigenvalue weighted by Crippen LogP contribution is 2.26. The molecule has 4 nitrogen and oxygen atoms in total. The Kier molecular flexibility index (Phi) is 4.53. The van der Waals surface area contributed by atoms with E-state index in [0.717, 1.165) is 0 Å². The fraction of sp³-hybridized carbons (Fsp3) is 0.133. The molecule has 104 valence electrons. The van der Waals surface area contributed by atoms with E-state index in [1.165, 1.54) is 0 Å². The molecule has 0 spiro atoms. The van der Waals surface area contributed by atoms with Gasteiger partial charge in [0.05, 0.1) is 5.75 Å². The maximum atomic E-state index is 12.4. The van der Waals surface area contributed by atoms with Crippen molar-refractivity contribution in [3.8, 4) is 0 Å².